The van der Waals surface area contributed by atoms with Crippen molar-refractivity contribution in [3.05, 3.63) is 59.1 Å². The number of hydrogen-bond donors (Lipinski definition) is 1. The van der Waals surface area contributed by atoms with Crippen LogP contribution in [0.1, 0.15) is 16.8 Å². The van der Waals surface area contributed by atoms with Gasteiger partial charge in [-0.05, 0) is 30.3 Å². The van der Waals surface area contributed by atoms with Gasteiger partial charge in [-0.15, -0.1) is 0 Å². The number of anilines is 2. The second-order valence-electron chi connectivity index (χ2n) is 6.62. The van der Waals surface area contributed by atoms with Gasteiger partial charge in [0.05, 0.1) is 16.5 Å². The summed E-state index contributed by atoms with van der Waals surface area (Å²) in [5, 5.41) is 3.05. The second-order valence-corrected chi connectivity index (χ2v) is 7.03. The van der Waals surface area contributed by atoms with Gasteiger partial charge < -0.3 is 15.1 Å². The first kappa shape index (κ1) is 18.9. The fraction of sp³-hybridized carbons (Fsp3) is 0.250. The van der Waals surface area contributed by atoms with Crippen molar-refractivity contribution in [2.24, 2.45) is 5.92 Å². The van der Waals surface area contributed by atoms with Crippen LogP contribution in [0.3, 0.4) is 0 Å². The Morgan fingerprint density at radius 3 is 2.48 bits per heavy atom. The summed E-state index contributed by atoms with van der Waals surface area (Å²) in [4.78, 5) is 39.9. The van der Waals surface area contributed by atoms with Crippen molar-refractivity contribution in [1.29, 1.82) is 0 Å². The first-order chi connectivity index (χ1) is 12.9. The molecule has 1 saturated heterocycles. The summed E-state index contributed by atoms with van der Waals surface area (Å²) in [5.41, 5.74) is 1.64. The molecule has 1 aliphatic heterocycles. The maximum atomic E-state index is 12.6. The van der Waals surface area contributed by atoms with Crippen LogP contribution >= 0.6 is 11.6 Å². The average Bonchev–Trinajstić information content (AvgIpc) is 3.04. The molecular formula is C20H20ClN3O3. The molecule has 2 aromatic carbocycles. The highest BCUT2D eigenvalue weighted by Crippen LogP contribution is 2.27. The van der Waals surface area contributed by atoms with E-state index in [2.05, 4.69) is 5.32 Å². The molecule has 0 aliphatic carbocycles. The van der Waals surface area contributed by atoms with Crippen molar-refractivity contribution >= 4 is 40.7 Å². The molecule has 1 heterocycles. The van der Waals surface area contributed by atoms with Crippen LogP contribution in [0.4, 0.5) is 11.4 Å². The van der Waals surface area contributed by atoms with Crippen LogP contribution in [-0.4, -0.2) is 43.3 Å². The van der Waals surface area contributed by atoms with E-state index in [1.165, 1.54) is 4.90 Å². The number of hydrogen-bond acceptors (Lipinski definition) is 3. The molecule has 3 amide bonds. The minimum absolute atomic E-state index is 0.0775. The Labute approximate surface area is 162 Å². The van der Waals surface area contributed by atoms with Gasteiger partial charge in [-0.25, -0.2) is 0 Å². The van der Waals surface area contributed by atoms with Gasteiger partial charge in [-0.1, -0.05) is 29.8 Å². The lowest BCUT2D eigenvalue weighted by Crippen LogP contribution is -2.28. The zero-order valence-electron chi connectivity index (χ0n) is 15.1. The molecule has 1 fully saturated rings. The Balaban J connectivity index is 1.68. The highest BCUT2D eigenvalue weighted by atomic mass is 35.5. The summed E-state index contributed by atoms with van der Waals surface area (Å²) in [6.07, 6.45) is 0.158. The van der Waals surface area contributed by atoms with Crippen molar-refractivity contribution in [3.8, 4) is 0 Å². The number of carbonyl (C=O) groups is 3. The zero-order valence-corrected chi connectivity index (χ0v) is 15.9. The summed E-state index contributed by atoms with van der Waals surface area (Å²) in [7, 11) is 3.29. The summed E-state index contributed by atoms with van der Waals surface area (Å²) in [6, 6.07) is 14.0. The van der Waals surface area contributed by atoms with E-state index in [-0.39, 0.29) is 29.2 Å². The number of para-hydroxylation sites is 1. The van der Waals surface area contributed by atoms with Crippen LogP contribution in [0.15, 0.2) is 48.5 Å². The van der Waals surface area contributed by atoms with Crippen LogP contribution in [-0.2, 0) is 9.59 Å². The quantitative estimate of drug-likeness (QED) is 0.879. The number of nitrogens with one attached hydrogen (secondary N) is 1. The fourth-order valence-electron chi connectivity index (χ4n) is 2.99. The third kappa shape index (κ3) is 4.11. The molecule has 7 heteroatoms. The van der Waals surface area contributed by atoms with Crippen LogP contribution < -0.4 is 10.2 Å². The third-order valence-corrected chi connectivity index (χ3v) is 4.75. The Hall–Kier alpha value is -2.86. The summed E-state index contributed by atoms with van der Waals surface area (Å²) >= 11 is 6.18. The lowest BCUT2D eigenvalue weighted by Gasteiger charge is -2.17. The van der Waals surface area contributed by atoms with E-state index < -0.39 is 5.92 Å². The highest BCUT2D eigenvalue weighted by molar-refractivity contribution is 6.34. The van der Waals surface area contributed by atoms with E-state index in [0.29, 0.717) is 17.8 Å². The third-order valence-electron chi connectivity index (χ3n) is 4.44. The van der Waals surface area contributed by atoms with Crippen molar-refractivity contribution < 1.29 is 14.4 Å². The van der Waals surface area contributed by atoms with Crippen molar-refractivity contribution in [2.75, 3.05) is 30.9 Å². The summed E-state index contributed by atoms with van der Waals surface area (Å²) < 4.78 is 0. The minimum Gasteiger partial charge on any atom is -0.345 e. The van der Waals surface area contributed by atoms with Crippen LogP contribution in [0.2, 0.25) is 5.02 Å². The van der Waals surface area contributed by atoms with Gasteiger partial charge >= 0.3 is 0 Å². The Bertz CT molecular complexity index is 883. The largest absolute Gasteiger partial charge is 0.345 e. The molecule has 1 N–H and O–H groups in total. The van der Waals surface area contributed by atoms with Gasteiger partial charge in [-0.3, -0.25) is 14.4 Å². The normalized spacial score (nSPS) is 16.3. The number of nitrogens with zero attached hydrogens (tertiary/aromatic N) is 2. The van der Waals surface area contributed by atoms with Gasteiger partial charge in [0, 0.05) is 38.4 Å². The number of halogens is 1. The molecule has 1 unspecified atom stereocenters. The summed E-state index contributed by atoms with van der Waals surface area (Å²) in [5.74, 6) is -0.979. The van der Waals surface area contributed by atoms with E-state index in [4.69, 9.17) is 11.6 Å². The molecule has 3 rings (SSSR count). The second kappa shape index (κ2) is 7.80. The molecule has 0 radical (unpaired) electrons. The molecule has 0 bridgehead atoms. The van der Waals surface area contributed by atoms with Crippen LogP contribution in [0.5, 0.6) is 0 Å². The number of benzene rings is 2. The molecule has 0 spiro atoms. The molecule has 2 aromatic rings. The van der Waals surface area contributed by atoms with Crippen LogP contribution in [0.25, 0.3) is 0 Å². The summed E-state index contributed by atoms with van der Waals surface area (Å²) in [6.45, 7) is 0.333. The molecule has 6 nitrogen and oxygen atoms in total. The number of amides is 3. The first-order valence-corrected chi connectivity index (χ1v) is 8.92. The Morgan fingerprint density at radius 2 is 1.85 bits per heavy atom. The predicted molar refractivity (Wildman–Crippen MR) is 105 cm³/mol. The van der Waals surface area contributed by atoms with Crippen LogP contribution in [0, 0.1) is 5.92 Å². The Kier molecular flexibility index (Phi) is 5.46. The zero-order chi connectivity index (χ0) is 19.6. The molecule has 1 aliphatic rings. The average molecular weight is 386 g/mol. The maximum absolute atomic E-state index is 12.6. The molecular weight excluding hydrogens is 366 g/mol. The lowest BCUT2D eigenvalue weighted by atomic mass is 10.1. The van der Waals surface area contributed by atoms with E-state index in [1.54, 1.807) is 37.2 Å². The van der Waals surface area contributed by atoms with Gasteiger partial charge in [0.1, 0.15) is 0 Å². The Morgan fingerprint density at radius 1 is 1.15 bits per heavy atom. The highest BCUT2D eigenvalue weighted by Gasteiger charge is 2.35. The monoisotopic (exact) mass is 385 g/mol. The van der Waals surface area contributed by atoms with Gasteiger partial charge in [-0.2, -0.15) is 0 Å². The first-order valence-electron chi connectivity index (χ1n) is 8.54. The topological polar surface area (TPSA) is 69.7 Å². The standard InChI is InChI=1S/C20H20ClN3O3/c1-23(2)20(27)16-9-8-14(11-17(16)21)22-19(26)13-10-18(25)24(12-13)15-6-4-3-5-7-15/h3-9,11,13H,10,12H2,1-2H3,(H,22,26). The predicted octanol–water partition coefficient (Wildman–Crippen LogP) is 3.03. The minimum atomic E-state index is -0.445. The molecule has 27 heavy (non-hydrogen) atoms. The molecule has 1 atom stereocenters. The van der Waals surface area contributed by atoms with E-state index in [0.717, 1.165) is 5.69 Å². The fourth-order valence-corrected chi connectivity index (χ4v) is 3.25. The molecule has 0 aromatic heterocycles. The van der Waals surface area contributed by atoms with Crippen molar-refractivity contribution in [1.82, 2.24) is 4.90 Å². The van der Waals surface area contributed by atoms with Crippen molar-refractivity contribution in [2.45, 2.75) is 6.42 Å². The van der Waals surface area contributed by atoms with E-state index >= 15 is 0 Å². The SMILES string of the molecule is CN(C)C(=O)c1ccc(NC(=O)C2CC(=O)N(c3ccccc3)C2)cc1Cl. The van der Waals surface area contributed by atoms with Gasteiger partial charge in [0.25, 0.3) is 5.91 Å². The van der Waals surface area contributed by atoms with Crippen molar-refractivity contribution in [3.63, 3.8) is 0 Å². The molecule has 0 saturated carbocycles. The molecule has 140 valence electrons. The van der Waals surface area contributed by atoms with E-state index in [1.807, 2.05) is 30.3 Å². The van der Waals surface area contributed by atoms with Gasteiger partial charge in [0.2, 0.25) is 11.8 Å². The maximum Gasteiger partial charge on any atom is 0.254 e. The lowest BCUT2D eigenvalue weighted by molar-refractivity contribution is -0.122. The number of carbonyl (C=O) groups excluding carboxylic acids is 3. The van der Waals surface area contributed by atoms with Gasteiger partial charge in [0.15, 0.2) is 0 Å². The smallest absolute Gasteiger partial charge is 0.254 e. The number of rotatable bonds is 4. The van der Waals surface area contributed by atoms with E-state index in [9.17, 15) is 14.4 Å².